The number of rotatable bonds is 4. The van der Waals surface area contributed by atoms with Crippen LogP contribution in [0.2, 0.25) is 0 Å². The van der Waals surface area contributed by atoms with Crippen LogP contribution in [0.1, 0.15) is 16.7 Å². The van der Waals surface area contributed by atoms with Gasteiger partial charge in [0, 0.05) is 18.1 Å². The fourth-order valence-electron chi connectivity index (χ4n) is 2.55. The fraction of sp³-hybridized carbons (Fsp3) is 0.133. The molecule has 0 radical (unpaired) electrons. The summed E-state index contributed by atoms with van der Waals surface area (Å²) in [7, 11) is 0. The molecule has 2 aromatic carbocycles. The number of nitro groups is 2. The lowest BCUT2D eigenvalue weighted by molar-refractivity contribution is -0.393. The van der Waals surface area contributed by atoms with E-state index in [9.17, 15) is 20.2 Å². The van der Waals surface area contributed by atoms with E-state index in [2.05, 4.69) is 10.5 Å². The number of anilines is 1. The molecule has 0 saturated carbocycles. The predicted molar refractivity (Wildman–Crippen MR) is 84.8 cm³/mol. The van der Waals surface area contributed by atoms with E-state index in [1.807, 2.05) is 25.1 Å². The summed E-state index contributed by atoms with van der Waals surface area (Å²) in [6.45, 7) is 1.97. The van der Waals surface area contributed by atoms with E-state index in [0.717, 1.165) is 22.9 Å². The summed E-state index contributed by atoms with van der Waals surface area (Å²) >= 11 is 0. The highest BCUT2D eigenvalue weighted by Gasteiger charge is 2.24. The molecule has 1 aliphatic carbocycles. The third-order valence-electron chi connectivity index (χ3n) is 3.71. The summed E-state index contributed by atoms with van der Waals surface area (Å²) in [5, 5.41) is 26.0. The summed E-state index contributed by atoms with van der Waals surface area (Å²) < 4.78 is 0. The van der Waals surface area contributed by atoms with Gasteiger partial charge in [-0.2, -0.15) is 5.10 Å². The Labute approximate surface area is 130 Å². The van der Waals surface area contributed by atoms with Crippen LogP contribution < -0.4 is 5.43 Å². The Morgan fingerprint density at radius 1 is 1.13 bits per heavy atom. The van der Waals surface area contributed by atoms with Crippen LogP contribution in [0.5, 0.6) is 0 Å². The normalized spacial score (nSPS) is 14.0. The van der Waals surface area contributed by atoms with Crippen LogP contribution in [0.3, 0.4) is 0 Å². The third-order valence-corrected chi connectivity index (χ3v) is 3.71. The largest absolute Gasteiger partial charge is 0.301 e. The van der Waals surface area contributed by atoms with Crippen molar-refractivity contribution in [3.05, 3.63) is 73.3 Å². The maximum Gasteiger partial charge on any atom is 0.301 e. The van der Waals surface area contributed by atoms with Gasteiger partial charge < -0.3 is 0 Å². The highest BCUT2D eigenvalue weighted by Crippen LogP contribution is 2.30. The average Bonchev–Trinajstić information content (AvgIpc) is 2.48. The molecule has 0 aliphatic heterocycles. The van der Waals surface area contributed by atoms with Gasteiger partial charge in [0.05, 0.1) is 21.6 Å². The number of nitrogens with one attached hydrogen (secondary N) is 1. The molecule has 8 heteroatoms. The lowest BCUT2D eigenvalue weighted by Crippen LogP contribution is -2.22. The molecular formula is C15H12N4O4. The van der Waals surface area contributed by atoms with Crippen molar-refractivity contribution in [2.24, 2.45) is 5.10 Å². The number of nitro benzene ring substituents is 2. The van der Waals surface area contributed by atoms with Gasteiger partial charge in [-0.25, -0.2) is 0 Å². The molecule has 0 aromatic heterocycles. The standard InChI is InChI=1S/C15H12N4O4/c1-9-3-2-4-10-7-13(15(9)10)17-16-12-6-5-11(18(20)21)8-14(12)19(22)23/h2-6,8,16H,7H2,1H3/b17-13-. The monoisotopic (exact) mass is 312 g/mol. The van der Waals surface area contributed by atoms with Gasteiger partial charge in [0.25, 0.3) is 5.69 Å². The zero-order valence-corrected chi connectivity index (χ0v) is 12.1. The van der Waals surface area contributed by atoms with Crippen molar-refractivity contribution in [1.29, 1.82) is 0 Å². The van der Waals surface area contributed by atoms with Crippen molar-refractivity contribution in [2.75, 3.05) is 5.43 Å². The molecular weight excluding hydrogens is 300 g/mol. The van der Waals surface area contributed by atoms with Gasteiger partial charge in [-0.3, -0.25) is 25.7 Å². The van der Waals surface area contributed by atoms with Crippen LogP contribution in [0.4, 0.5) is 17.1 Å². The molecule has 0 spiro atoms. The molecule has 0 bridgehead atoms. The Balaban J connectivity index is 1.90. The third kappa shape index (κ3) is 2.61. The lowest BCUT2D eigenvalue weighted by Gasteiger charge is -2.23. The molecule has 116 valence electrons. The zero-order valence-electron chi connectivity index (χ0n) is 12.1. The van der Waals surface area contributed by atoms with E-state index in [4.69, 9.17) is 0 Å². The van der Waals surface area contributed by atoms with E-state index >= 15 is 0 Å². The summed E-state index contributed by atoms with van der Waals surface area (Å²) in [6, 6.07) is 9.37. The summed E-state index contributed by atoms with van der Waals surface area (Å²) in [5.74, 6) is 0. The summed E-state index contributed by atoms with van der Waals surface area (Å²) in [6.07, 6.45) is 0.685. The lowest BCUT2D eigenvalue weighted by atomic mass is 9.83. The number of benzene rings is 2. The van der Waals surface area contributed by atoms with Crippen LogP contribution in [-0.2, 0) is 6.42 Å². The van der Waals surface area contributed by atoms with Gasteiger partial charge in [0.2, 0.25) is 0 Å². The Hall–Kier alpha value is -3.29. The van der Waals surface area contributed by atoms with Crippen molar-refractivity contribution in [2.45, 2.75) is 13.3 Å². The molecule has 1 aliphatic rings. The molecule has 0 atom stereocenters. The number of hydrazone groups is 1. The van der Waals surface area contributed by atoms with Crippen molar-refractivity contribution in [3.8, 4) is 0 Å². The maximum atomic E-state index is 11.1. The minimum absolute atomic E-state index is 0.120. The quantitative estimate of drug-likeness (QED) is 0.688. The van der Waals surface area contributed by atoms with Crippen LogP contribution >= 0.6 is 0 Å². The molecule has 2 aromatic rings. The summed E-state index contributed by atoms with van der Waals surface area (Å²) in [5.41, 5.74) is 6.19. The Morgan fingerprint density at radius 3 is 2.57 bits per heavy atom. The second kappa shape index (κ2) is 5.48. The molecule has 8 nitrogen and oxygen atoms in total. The van der Waals surface area contributed by atoms with E-state index in [0.29, 0.717) is 6.42 Å². The SMILES string of the molecule is Cc1cccc2c1/C(=N\Nc1ccc([N+](=O)[O-])cc1[N+](=O)[O-])C2. The predicted octanol–water partition coefficient (Wildman–Crippen LogP) is 3.18. The van der Waals surface area contributed by atoms with E-state index in [1.54, 1.807) is 0 Å². The van der Waals surface area contributed by atoms with Crippen LogP contribution in [0.25, 0.3) is 0 Å². The Kier molecular flexibility index (Phi) is 3.49. The molecule has 3 rings (SSSR count). The Bertz CT molecular complexity index is 846. The number of non-ortho nitro benzene ring substituents is 1. The minimum Gasteiger partial charge on any atom is -0.271 e. The van der Waals surface area contributed by atoms with Crippen molar-refractivity contribution >= 4 is 22.8 Å². The van der Waals surface area contributed by atoms with E-state index < -0.39 is 9.85 Å². The second-order valence-corrected chi connectivity index (χ2v) is 5.17. The van der Waals surface area contributed by atoms with E-state index in [-0.39, 0.29) is 17.1 Å². The molecule has 0 fully saturated rings. The second-order valence-electron chi connectivity index (χ2n) is 5.17. The highest BCUT2D eigenvalue weighted by atomic mass is 16.6. The van der Waals surface area contributed by atoms with Crippen molar-refractivity contribution in [1.82, 2.24) is 0 Å². The highest BCUT2D eigenvalue weighted by molar-refractivity contribution is 6.11. The van der Waals surface area contributed by atoms with Gasteiger partial charge in [-0.15, -0.1) is 0 Å². The topological polar surface area (TPSA) is 111 Å². The van der Waals surface area contributed by atoms with Crippen LogP contribution in [0, 0.1) is 27.2 Å². The molecule has 0 unspecified atom stereocenters. The number of fused-ring (bicyclic) bond motifs is 1. The van der Waals surface area contributed by atoms with Gasteiger partial charge in [0.15, 0.2) is 0 Å². The number of aryl methyl sites for hydroxylation is 1. The maximum absolute atomic E-state index is 11.1. The van der Waals surface area contributed by atoms with Crippen molar-refractivity contribution < 1.29 is 9.85 Å². The summed E-state index contributed by atoms with van der Waals surface area (Å²) in [4.78, 5) is 20.4. The van der Waals surface area contributed by atoms with Gasteiger partial charge in [0.1, 0.15) is 5.69 Å². The zero-order chi connectivity index (χ0) is 16.6. The molecule has 0 amide bonds. The fourth-order valence-corrected chi connectivity index (χ4v) is 2.55. The smallest absolute Gasteiger partial charge is 0.271 e. The van der Waals surface area contributed by atoms with Crippen LogP contribution in [0.15, 0.2) is 41.5 Å². The number of nitrogens with zero attached hydrogens (tertiary/aromatic N) is 3. The molecule has 0 saturated heterocycles. The number of hydrogen-bond donors (Lipinski definition) is 1. The molecule has 1 N–H and O–H groups in total. The van der Waals surface area contributed by atoms with Crippen molar-refractivity contribution in [3.63, 3.8) is 0 Å². The minimum atomic E-state index is -0.672. The first-order chi connectivity index (χ1) is 11.0. The van der Waals surface area contributed by atoms with E-state index in [1.165, 1.54) is 17.7 Å². The van der Waals surface area contributed by atoms with Gasteiger partial charge in [-0.1, -0.05) is 18.2 Å². The molecule has 23 heavy (non-hydrogen) atoms. The first-order valence-corrected chi connectivity index (χ1v) is 6.81. The first-order valence-electron chi connectivity index (χ1n) is 6.81. The number of hydrogen-bond acceptors (Lipinski definition) is 6. The van der Waals surface area contributed by atoms with Gasteiger partial charge in [-0.05, 0) is 24.1 Å². The first kappa shape index (κ1) is 14.6. The average molecular weight is 312 g/mol. The van der Waals surface area contributed by atoms with Crippen LogP contribution in [-0.4, -0.2) is 15.6 Å². The molecule has 0 heterocycles. The Morgan fingerprint density at radius 2 is 1.91 bits per heavy atom. The van der Waals surface area contributed by atoms with Gasteiger partial charge >= 0.3 is 5.69 Å².